The summed E-state index contributed by atoms with van der Waals surface area (Å²) in [5.41, 5.74) is 0.414. The Kier molecular flexibility index (Phi) is 4.55. The number of aromatic nitrogens is 1. The van der Waals surface area contributed by atoms with Gasteiger partial charge in [0, 0.05) is 19.7 Å². The van der Waals surface area contributed by atoms with Crippen LogP contribution in [-0.2, 0) is 4.74 Å². The van der Waals surface area contributed by atoms with Gasteiger partial charge in [0.1, 0.15) is 10.8 Å². The molecule has 0 radical (unpaired) electrons. The van der Waals surface area contributed by atoms with Crippen LogP contribution in [0.3, 0.4) is 0 Å². The summed E-state index contributed by atoms with van der Waals surface area (Å²) in [6.07, 6.45) is 2.06. The summed E-state index contributed by atoms with van der Waals surface area (Å²) < 4.78 is 5.56. The molecule has 4 nitrogen and oxygen atoms in total. The lowest BCUT2D eigenvalue weighted by atomic mass is 10.1. The second kappa shape index (κ2) is 6.16. The fourth-order valence-electron chi connectivity index (χ4n) is 2.15. The van der Waals surface area contributed by atoms with Gasteiger partial charge in [0.2, 0.25) is 0 Å². The average molecular weight is 269 g/mol. The summed E-state index contributed by atoms with van der Waals surface area (Å²) in [5, 5.41) is 0.352. The summed E-state index contributed by atoms with van der Waals surface area (Å²) >= 11 is 5.79. The summed E-state index contributed by atoms with van der Waals surface area (Å²) in [6.45, 7) is 4.16. The maximum Gasteiger partial charge on any atom is 0.272 e. The highest BCUT2D eigenvalue weighted by Gasteiger charge is 2.24. The highest BCUT2D eigenvalue weighted by molar-refractivity contribution is 6.29. The Morgan fingerprint density at radius 1 is 1.50 bits per heavy atom. The molecule has 0 unspecified atom stereocenters. The van der Waals surface area contributed by atoms with Crippen molar-refractivity contribution >= 4 is 17.5 Å². The topological polar surface area (TPSA) is 42.4 Å². The Balaban J connectivity index is 1.95. The number of hydrogen-bond acceptors (Lipinski definition) is 3. The molecule has 1 saturated heterocycles. The Hall–Kier alpha value is -1.13. The number of hydrogen-bond donors (Lipinski definition) is 0. The van der Waals surface area contributed by atoms with E-state index in [4.69, 9.17) is 16.3 Å². The van der Waals surface area contributed by atoms with E-state index >= 15 is 0 Å². The molecule has 2 rings (SSSR count). The van der Waals surface area contributed by atoms with Crippen molar-refractivity contribution in [3.05, 3.63) is 29.0 Å². The van der Waals surface area contributed by atoms with E-state index in [0.29, 0.717) is 10.8 Å². The first kappa shape index (κ1) is 13.3. The van der Waals surface area contributed by atoms with Crippen LogP contribution < -0.4 is 0 Å². The van der Waals surface area contributed by atoms with Gasteiger partial charge < -0.3 is 9.64 Å². The smallest absolute Gasteiger partial charge is 0.272 e. The standard InChI is InChI=1S/C13H17ClN2O2/c1-2-18-10-6-8-16(9-7-10)13(17)11-4-3-5-12(14)15-11/h3-5,10H,2,6-9H2,1H3. The molecule has 1 aromatic rings. The second-order valence-corrected chi connectivity index (χ2v) is 4.68. The Morgan fingerprint density at radius 3 is 2.83 bits per heavy atom. The summed E-state index contributed by atoms with van der Waals surface area (Å²) in [6, 6.07) is 5.11. The number of carbonyl (C=O) groups excluding carboxylic acids is 1. The zero-order chi connectivity index (χ0) is 13.0. The van der Waals surface area contributed by atoms with Gasteiger partial charge in [-0.25, -0.2) is 4.98 Å². The molecule has 5 heteroatoms. The number of ether oxygens (including phenoxy) is 1. The first-order valence-electron chi connectivity index (χ1n) is 6.24. The van der Waals surface area contributed by atoms with E-state index < -0.39 is 0 Å². The van der Waals surface area contributed by atoms with Crippen molar-refractivity contribution in [2.75, 3.05) is 19.7 Å². The minimum atomic E-state index is -0.0487. The van der Waals surface area contributed by atoms with Gasteiger partial charge in [0.25, 0.3) is 5.91 Å². The molecular weight excluding hydrogens is 252 g/mol. The van der Waals surface area contributed by atoms with Crippen LogP contribution in [0.5, 0.6) is 0 Å². The lowest BCUT2D eigenvalue weighted by Crippen LogP contribution is -2.41. The summed E-state index contributed by atoms with van der Waals surface area (Å²) in [7, 11) is 0. The zero-order valence-electron chi connectivity index (χ0n) is 10.4. The molecule has 18 heavy (non-hydrogen) atoms. The van der Waals surface area contributed by atoms with Crippen molar-refractivity contribution in [1.82, 2.24) is 9.88 Å². The van der Waals surface area contributed by atoms with E-state index in [1.165, 1.54) is 0 Å². The minimum Gasteiger partial charge on any atom is -0.378 e. The number of likely N-dealkylation sites (tertiary alicyclic amines) is 1. The van der Waals surface area contributed by atoms with Crippen molar-refractivity contribution in [3.63, 3.8) is 0 Å². The normalized spacial score (nSPS) is 16.9. The van der Waals surface area contributed by atoms with Crippen LogP contribution >= 0.6 is 11.6 Å². The summed E-state index contributed by atoms with van der Waals surface area (Å²) in [5.74, 6) is -0.0487. The molecule has 2 heterocycles. The Bertz CT molecular complexity index is 417. The van der Waals surface area contributed by atoms with Crippen molar-refractivity contribution in [1.29, 1.82) is 0 Å². The van der Waals surface area contributed by atoms with Gasteiger partial charge in [0.05, 0.1) is 6.10 Å². The third-order valence-corrected chi connectivity index (χ3v) is 3.28. The molecule has 0 N–H and O–H groups in total. The number of piperidine rings is 1. The highest BCUT2D eigenvalue weighted by Crippen LogP contribution is 2.16. The van der Waals surface area contributed by atoms with Crippen LogP contribution in [0, 0.1) is 0 Å². The largest absolute Gasteiger partial charge is 0.378 e. The van der Waals surface area contributed by atoms with Crippen LogP contribution in [0.4, 0.5) is 0 Å². The maximum atomic E-state index is 12.2. The van der Waals surface area contributed by atoms with Crippen molar-refractivity contribution in [2.45, 2.75) is 25.9 Å². The van der Waals surface area contributed by atoms with Gasteiger partial charge in [0.15, 0.2) is 0 Å². The van der Waals surface area contributed by atoms with Crippen LogP contribution in [0.2, 0.25) is 5.15 Å². The van der Waals surface area contributed by atoms with Crippen LogP contribution in [0.15, 0.2) is 18.2 Å². The van der Waals surface area contributed by atoms with Crippen LogP contribution in [-0.4, -0.2) is 41.6 Å². The Labute approximate surface area is 112 Å². The number of amides is 1. The summed E-state index contributed by atoms with van der Waals surface area (Å²) in [4.78, 5) is 18.0. The number of halogens is 1. The lowest BCUT2D eigenvalue weighted by Gasteiger charge is -2.31. The Morgan fingerprint density at radius 2 is 2.22 bits per heavy atom. The molecule has 0 aliphatic carbocycles. The first-order valence-corrected chi connectivity index (χ1v) is 6.62. The monoisotopic (exact) mass is 268 g/mol. The van der Waals surface area contributed by atoms with Crippen molar-refractivity contribution < 1.29 is 9.53 Å². The fraction of sp³-hybridized carbons (Fsp3) is 0.538. The quantitative estimate of drug-likeness (QED) is 0.791. The fourth-order valence-corrected chi connectivity index (χ4v) is 2.31. The van der Waals surface area contributed by atoms with E-state index in [1.54, 1.807) is 18.2 Å². The van der Waals surface area contributed by atoms with E-state index in [1.807, 2.05) is 11.8 Å². The molecule has 1 aliphatic heterocycles. The van der Waals surface area contributed by atoms with Crippen LogP contribution in [0.25, 0.3) is 0 Å². The van der Waals surface area contributed by atoms with Crippen molar-refractivity contribution in [3.8, 4) is 0 Å². The zero-order valence-corrected chi connectivity index (χ0v) is 11.2. The average Bonchev–Trinajstić information content (AvgIpc) is 2.39. The van der Waals surface area contributed by atoms with E-state index in [9.17, 15) is 4.79 Å². The molecular formula is C13H17ClN2O2. The second-order valence-electron chi connectivity index (χ2n) is 4.29. The molecule has 1 aliphatic rings. The predicted octanol–water partition coefficient (Wildman–Crippen LogP) is 2.38. The molecule has 1 aromatic heterocycles. The van der Waals surface area contributed by atoms with Gasteiger partial charge >= 0.3 is 0 Å². The molecule has 98 valence electrons. The van der Waals surface area contributed by atoms with E-state index in [0.717, 1.165) is 32.5 Å². The first-order chi connectivity index (χ1) is 8.70. The number of pyridine rings is 1. The van der Waals surface area contributed by atoms with Gasteiger partial charge in [-0.15, -0.1) is 0 Å². The van der Waals surface area contributed by atoms with Gasteiger partial charge in [-0.1, -0.05) is 17.7 Å². The molecule has 0 saturated carbocycles. The van der Waals surface area contributed by atoms with Crippen molar-refractivity contribution in [2.24, 2.45) is 0 Å². The van der Waals surface area contributed by atoms with E-state index in [-0.39, 0.29) is 12.0 Å². The molecule has 0 bridgehead atoms. The van der Waals surface area contributed by atoms with E-state index in [2.05, 4.69) is 4.98 Å². The molecule has 1 fully saturated rings. The molecule has 0 atom stereocenters. The van der Waals surface area contributed by atoms with Gasteiger partial charge in [-0.3, -0.25) is 4.79 Å². The van der Waals surface area contributed by atoms with Gasteiger partial charge in [-0.2, -0.15) is 0 Å². The lowest BCUT2D eigenvalue weighted by molar-refractivity contribution is 0.0144. The third-order valence-electron chi connectivity index (χ3n) is 3.07. The maximum absolute atomic E-state index is 12.2. The molecule has 0 spiro atoms. The van der Waals surface area contributed by atoms with Crippen LogP contribution in [0.1, 0.15) is 30.3 Å². The minimum absolute atomic E-state index is 0.0487. The van der Waals surface area contributed by atoms with Gasteiger partial charge in [-0.05, 0) is 31.9 Å². The third kappa shape index (κ3) is 3.21. The predicted molar refractivity (Wildman–Crippen MR) is 69.8 cm³/mol. The molecule has 1 amide bonds. The highest BCUT2D eigenvalue weighted by atomic mass is 35.5. The number of carbonyl (C=O) groups is 1. The number of rotatable bonds is 3. The number of nitrogens with zero attached hydrogens (tertiary/aromatic N) is 2. The SMILES string of the molecule is CCOC1CCN(C(=O)c2cccc(Cl)n2)CC1. The molecule has 0 aromatic carbocycles.